The normalized spacial score (nSPS) is 29.6. The Kier molecular flexibility index (Phi) is 4.15. The summed E-state index contributed by atoms with van der Waals surface area (Å²) in [5, 5.41) is 14.5. The lowest BCUT2D eigenvalue weighted by molar-refractivity contribution is -0.385. The van der Waals surface area contributed by atoms with E-state index in [0.717, 1.165) is 34.4 Å². The van der Waals surface area contributed by atoms with Crippen molar-refractivity contribution < 1.29 is 19.3 Å². The van der Waals surface area contributed by atoms with Crippen LogP contribution in [0.5, 0.6) is 0 Å². The molecule has 0 saturated carbocycles. The SMILES string of the molecule is Cc1cc(C)c2c(c1)[C@]1(C(=O)N2)[C@@H]2C(=O)N(c3cccc([N+](=O)[O-])c3C)C(=O)[C@H]2[C@H]2CCCN21. The summed E-state index contributed by atoms with van der Waals surface area (Å²) in [7, 11) is 0. The molecule has 2 aromatic rings. The molecule has 0 bridgehead atoms. The standard InChI is InChI=1S/C25H24N4O5/c1-12-10-13(2)21-15(11-12)25(24(32)26-21)20-19(18-8-5-9-27(18)25)22(30)28(23(20)31)16-6-4-7-17(14(16)3)29(33)34/h4,6-7,10-11,18-20H,5,8-9H2,1-3H3,(H,26,32)/t18-,19+,20+,25-/m1/s1. The molecule has 0 radical (unpaired) electrons. The number of nitro benzene ring substituents is 1. The van der Waals surface area contributed by atoms with E-state index in [9.17, 15) is 24.5 Å². The maximum Gasteiger partial charge on any atom is 0.274 e. The Labute approximate surface area is 195 Å². The van der Waals surface area contributed by atoms with Crippen LogP contribution < -0.4 is 10.2 Å². The zero-order valence-electron chi connectivity index (χ0n) is 19.1. The second-order valence-corrected chi connectivity index (χ2v) is 9.82. The number of carbonyl (C=O) groups is 3. The van der Waals surface area contributed by atoms with Crippen LogP contribution >= 0.6 is 0 Å². The fourth-order valence-corrected chi connectivity index (χ4v) is 6.95. The van der Waals surface area contributed by atoms with Crippen LogP contribution in [0, 0.1) is 42.7 Å². The number of benzene rings is 2. The Bertz CT molecular complexity index is 1340. The number of imide groups is 1. The lowest BCUT2D eigenvalue weighted by Gasteiger charge is -2.37. The van der Waals surface area contributed by atoms with E-state index in [2.05, 4.69) is 10.2 Å². The number of nitrogens with one attached hydrogen (secondary N) is 1. The molecule has 1 spiro atoms. The number of nitrogens with zero attached hydrogens (tertiary/aromatic N) is 3. The monoisotopic (exact) mass is 460 g/mol. The molecule has 4 heterocycles. The van der Waals surface area contributed by atoms with Gasteiger partial charge in [-0.1, -0.05) is 23.8 Å². The number of carbonyl (C=O) groups excluding carboxylic acids is 3. The highest BCUT2D eigenvalue weighted by Gasteiger charge is 2.74. The third kappa shape index (κ3) is 2.30. The summed E-state index contributed by atoms with van der Waals surface area (Å²) >= 11 is 0. The van der Waals surface area contributed by atoms with Crippen LogP contribution in [-0.4, -0.2) is 40.1 Å². The number of amides is 3. The molecule has 4 atom stereocenters. The molecule has 0 unspecified atom stereocenters. The summed E-state index contributed by atoms with van der Waals surface area (Å²) in [5.41, 5.74) is 2.44. The van der Waals surface area contributed by atoms with E-state index >= 15 is 0 Å². The molecule has 4 aliphatic heterocycles. The van der Waals surface area contributed by atoms with Gasteiger partial charge in [0, 0.05) is 23.4 Å². The summed E-state index contributed by atoms with van der Waals surface area (Å²) in [4.78, 5) is 55.9. The van der Waals surface area contributed by atoms with E-state index in [0.29, 0.717) is 12.2 Å². The number of nitro groups is 1. The van der Waals surface area contributed by atoms with Crippen LogP contribution in [0.15, 0.2) is 30.3 Å². The Hall–Kier alpha value is -3.59. The number of aryl methyl sites for hydroxylation is 2. The second kappa shape index (κ2) is 6.73. The minimum Gasteiger partial charge on any atom is -0.324 e. The Morgan fingerprint density at radius 3 is 2.62 bits per heavy atom. The van der Waals surface area contributed by atoms with Crippen LogP contribution in [0.4, 0.5) is 17.1 Å². The van der Waals surface area contributed by atoms with Crippen LogP contribution in [0.3, 0.4) is 0 Å². The molecule has 0 aliphatic carbocycles. The smallest absolute Gasteiger partial charge is 0.274 e. The predicted octanol–water partition coefficient (Wildman–Crippen LogP) is 2.95. The van der Waals surface area contributed by atoms with Gasteiger partial charge in [0.25, 0.3) is 5.69 Å². The molecule has 0 aromatic heterocycles. The van der Waals surface area contributed by atoms with Gasteiger partial charge >= 0.3 is 0 Å². The molecule has 34 heavy (non-hydrogen) atoms. The molecule has 6 rings (SSSR count). The van der Waals surface area contributed by atoms with E-state index in [4.69, 9.17) is 0 Å². The van der Waals surface area contributed by atoms with Crippen LogP contribution in [-0.2, 0) is 19.9 Å². The van der Waals surface area contributed by atoms with Gasteiger partial charge in [-0.05, 0) is 51.8 Å². The molecule has 2 aromatic carbocycles. The number of hydrogen-bond acceptors (Lipinski definition) is 6. The number of rotatable bonds is 2. The van der Waals surface area contributed by atoms with Crippen molar-refractivity contribution in [3.8, 4) is 0 Å². The van der Waals surface area contributed by atoms with Crippen LogP contribution in [0.25, 0.3) is 0 Å². The maximum atomic E-state index is 14.1. The van der Waals surface area contributed by atoms with Crippen molar-refractivity contribution >= 4 is 34.8 Å². The topological polar surface area (TPSA) is 113 Å². The largest absolute Gasteiger partial charge is 0.324 e. The highest BCUT2D eigenvalue weighted by atomic mass is 16.6. The highest BCUT2D eigenvalue weighted by Crippen LogP contribution is 2.61. The lowest BCUT2D eigenvalue weighted by atomic mass is 9.75. The number of anilines is 2. The Balaban J connectivity index is 1.57. The first-order valence-corrected chi connectivity index (χ1v) is 11.5. The fourth-order valence-electron chi connectivity index (χ4n) is 6.95. The summed E-state index contributed by atoms with van der Waals surface area (Å²) in [6.07, 6.45) is 1.55. The quantitative estimate of drug-likeness (QED) is 0.419. The maximum absolute atomic E-state index is 14.1. The van der Waals surface area contributed by atoms with Crippen molar-refractivity contribution in [2.24, 2.45) is 11.8 Å². The number of hydrogen-bond donors (Lipinski definition) is 1. The average molecular weight is 460 g/mol. The molecular formula is C25H24N4O5. The highest BCUT2D eigenvalue weighted by molar-refractivity contribution is 6.26. The first-order valence-electron chi connectivity index (χ1n) is 11.5. The van der Waals surface area contributed by atoms with E-state index in [1.54, 1.807) is 13.0 Å². The van der Waals surface area contributed by atoms with Gasteiger partial charge in [-0.2, -0.15) is 0 Å². The van der Waals surface area contributed by atoms with Crippen LogP contribution in [0.2, 0.25) is 0 Å². The van der Waals surface area contributed by atoms with Crippen molar-refractivity contribution in [3.63, 3.8) is 0 Å². The molecule has 3 fully saturated rings. The summed E-state index contributed by atoms with van der Waals surface area (Å²) in [6.45, 7) is 6.06. The van der Waals surface area contributed by atoms with E-state index < -0.39 is 28.2 Å². The third-order valence-corrected chi connectivity index (χ3v) is 8.16. The zero-order chi connectivity index (χ0) is 24.1. The van der Waals surface area contributed by atoms with Crippen molar-refractivity contribution in [1.29, 1.82) is 0 Å². The fraction of sp³-hybridized carbons (Fsp3) is 0.400. The zero-order valence-corrected chi connectivity index (χ0v) is 19.1. The summed E-state index contributed by atoms with van der Waals surface area (Å²) in [5.74, 6) is -2.67. The Morgan fingerprint density at radius 2 is 1.88 bits per heavy atom. The van der Waals surface area contributed by atoms with E-state index in [-0.39, 0.29) is 34.8 Å². The van der Waals surface area contributed by atoms with E-state index in [1.807, 2.05) is 26.0 Å². The molecule has 9 nitrogen and oxygen atoms in total. The molecule has 1 N–H and O–H groups in total. The molecule has 3 amide bonds. The minimum absolute atomic E-state index is 0.150. The molecule has 174 valence electrons. The van der Waals surface area contributed by atoms with Gasteiger partial charge in [-0.25, -0.2) is 4.90 Å². The number of fused-ring (bicyclic) bond motifs is 7. The van der Waals surface area contributed by atoms with E-state index in [1.165, 1.54) is 12.1 Å². The molecule has 3 saturated heterocycles. The minimum atomic E-state index is -1.26. The van der Waals surface area contributed by atoms with Gasteiger partial charge in [0.15, 0.2) is 0 Å². The van der Waals surface area contributed by atoms with Gasteiger partial charge in [0.1, 0.15) is 5.54 Å². The van der Waals surface area contributed by atoms with Crippen LogP contribution in [0.1, 0.15) is 35.1 Å². The summed E-state index contributed by atoms with van der Waals surface area (Å²) < 4.78 is 0. The Morgan fingerprint density at radius 1 is 1.12 bits per heavy atom. The molecular weight excluding hydrogens is 436 g/mol. The van der Waals surface area contributed by atoms with Crippen molar-refractivity contribution in [2.75, 3.05) is 16.8 Å². The third-order valence-electron chi connectivity index (χ3n) is 8.16. The molecule has 4 aliphatic rings. The second-order valence-electron chi connectivity index (χ2n) is 9.82. The molecule has 9 heteroatoms. The van der Waals surface area contributed by atoms with Crippen molar-refractivity contribution in [3.05, 3.63) is 62.7 Å². The van der Waals surface area contributed by atoms with Gasteiger partial charge in [0.05, 0.1) is 28.0 Å². The van der Waals surface area contributed by atoms with Gasteiger partial charge in [0.2, 0.25) is 17.7 Å². The van der Waals surface area contributed by atoms with Crippen molar-refractivity contribution in [1.82, 2.24) is 4.90 Å². The van der Waals surface area contributed by atoms with Gasteiger partial charge < -0.3 is 5.32 Å². The summed E-state index contributed by atoms with van der Waals surface area (Å²) in [6, 6.07) is 8.12. The lowest BCUT2D eigenvalue weighted by Crippen LogP contribution is -2.54. The van der Waals surface area contributed by atoms with Gasteiger partial charge in [-0.3, -0.25) is 29.4 Å². The van der Waals surface area contributed by atoms with Gasteiger partial charge in [-0.15, -0.1) is 0 Å². The van der Waals surface area contributed by atoms with Crippen molar-refractivity contribution in [2.45, 2.75) is 45.2 Å². The predicted molar refractivity (Wildman–Crippen MR) is 123 cm³/mol. The first-order chi connectivity index (χ1) is 16.2. The average Bonchev–Trinajstić information content (AvgIpc) is 3.48. The first kappa shape index (κ1) is 21.0.